The van der Waals surface area contributed by atoms with Gasteiger partial charge in [-0.2, -0.15) is 13.2 Å². The molecule has 2 saturated heterocycles. The lowest BCUT2D eigenvalue weighted by Gasteiger charge is -2.32. The van der Waals surface area contributed by atoms with Crippen molar-refractivity contribution in [3.8, 4) is 0 Å². The summed E-state index contributed by atoms with van der Waals surface area (Å²) in [5.74, 6) is -2.76. The van der Waals surface area contributed by atoms with E-state index >= 15 is 0 Å². The van der Waals surface area contributed by atoms with Crippen LogP contribution in [0.2, 0.25) is 0 Å². The zero-order chi connectivity index (χ0) is 21.7. The first-order valence-corrected chi connectivity index (χ1v) is 11.2. The van der Waals surface area contributed by atoms with Crippen molar-refractivity contribution >= 4 is 28.6 Å². The Hall–Kier alpha value is -1.53. The van der Waals surface area contributed by atoms with Crippen molar-refractivity contribution in [2.75, 3.05) is 13.2 Å². The quantitative estimate of drug-likeness (QED) is 0.719. The molecule has 3 atom stereocenters. The molecule has 6 nitrogen and oxygen atoms in total. The normalized spacial score (nSPS) is 24.2. The van der Waals surface area contributed by atoms with E-state index in [1.54, 1.807) is 11.3 Å². The van der Waals surface area contributed by atoms with E-state index in [2.05, 4.69) is 32.8 Å². The summed E-state index contributed by atoms with van der Waals surface area (Å²) in [6.07, 6.45) is -2.35. The lowest BCUT2D eigenvalue weighted by atomic mass is 10.0. The predicted molar refractivity (Wildman–Crippen MR) is 107 cm³/mol. The third-order valence-corrected chi connectivity index (χ3v) is 6.56. The second-order valence-electron chi connectivity index (χ2n) is 7.06. The number of fused-ring (bicyclic) bond motifs is 1. The van der Waals surface area contributed by atoms with Crippen molar-refractivity contribution in [2.45, 2.75) is 57.3 Å². The maximum absolute atomic E-state index is 10.6. The maximum Gasteiger partial charge on any atom is 0.490 e. The Morgan fingerprint density at radius 2 is 2.20 bits per heavy atom. The van der Waals surface area contributed by atoms with Crippen LogP contribution in [0.5, 0.6) is 0 Å². The van der Waals surface area contributed by atoms with Gasteiger partial charge >= 0.3 is 12.1 Å². The molecule has 4 heterocycles. The van der Waals surface area contributed by atoms with E-state index in [1.807, 2.05) is 18.3 Å². The molecule has 2 aliphatic heterocycles. The second-order valence-corrected chi connectivity index (χ2v) is 9.16. The summed E-state index contributed by atoms with van der Waals surface area (Å²) in [6, 6.07) is 4.84. The van der Waals surface area contributed by atoms with Gasteiger partial charge in [-0.1, -0.05) is 6.07 Å². The molecule has 11 heteroatoms. The lowest BCUT2D eigenvalue weighted by molar-refractivity contribution is -0.192. The summed E-state index contributed by atoms with van der Waals surface area (Å²) in [7, 11) is 0. The van der Waals surface area contributed by atoms with E-state index in [0.717, 1.165) is 36.8 Å². The van der Waals surface area contributed by atoms with E-state index in [-0.39, 0.29) is 12.2 Å². The molecular formula is C19H23F3N2O4S2. The zero-order valence-electron chi connectivity index (χ0n) is 16.3. The van der Waals surface area contributed by atoms with Crippen molar-refractivity contribution in [3.05, 3.63) is 38.5 Å². The first kappa shape index (κ1) is 23.1. The van der Waals surface area contributed by atoms with Crippen LogP contribution >= 0.6 is 22.7 Å². The highest BCUT2D eigenvalue weighted by atomic mass is 32.1. The molecule has 30 heavy (non-hydrogen) atoms. The van der Waals surface area contributed by atoms with E-state index in [9.17, 15) is 13.2 Å². The van der Waals surface area contributed by atoms with Gasteiger partial charge < -0.3 is 14.6 Å². The van der Waals surface area contributed by atoms with Crippen molar-refractivity contribution in [3.63, 3.8) is 0 Å². The molecule has 2 fully saturated rings. The minimum atomic E-state index is -5.08. The van der Waals surface area contributed by atoms with E-state index in [1.165, 1.54) is 11.3 Å². The number of aryl methyl sites for hydroxylation is 1. The highest BCUT2D eigenvalue weighted by Crippen LogP contribution is 2.32. The van der Waals surface area contributed by atoms with Gasteiger partial charge in [-0.3, -0.25) is 4.90 Å². The summed E-state index contributed by atoms with van der Waals surface area (Å²) >= 11 is 3.51. The second kappa shape index (κ2) is 10.2. The Balaban J connectivity index is 0.000000318. The fourth-order valence-electron chi connectivity index (χ4n) is 3.60. The number of hydrogen-bond donors (Lipinski definition) is 1. The standard InChI is InChI=1S/C17H22N2O2S2.C2HF3O2/c1-12-18-13(11-23-12)10-21-16-9-19(8-14-4-3-7-22-14)15-5-2-6-20-17(15)16;3-2(4,5)1(6)7/h3-4,7,11,15-17H,2,5-6,8-10H2,1H3;(H,6,7)/t15-,16-,17+;/m1./s1. The number of likely N-dealkylation sites (tertiary alicyclic amines) is 1. The maximum atomic E-state index is 10.6. The molecule has 0 unspecified atom stereocenters. The van der Waals surface area contributed by atoms with Gasteiger partial charge in [-0.15, -0.1) is 22.7 Å². The van der Waals surface area contributed by atoms with Crippen molar-refractivity contribution in [1.29, 1.82) is 0 Å². The number of rotatable bonds is 5. The number of ether oxygens (including phenoxy) is 2. The highest BCUT2D eigenvalue weighted by molar-refractivity contribution is 7.10. The topological polar surface area (TPSA) is 71.9 Å². The van der Waals surface area contributed by atoms with Crippen LogP contribution in [0.3, 0.4) is 0 Å². The first-order valence-electron chi connectivity index (χ1n) is 9.45. The number of alkyl halides is 3. The van der Waals surface area contributed by atoms with Crippen LogP contribution in [0.25, 0.3) is 0 Å². The van der Waals surface area contributed by atoms with Crippen LogP contribution < -0.4 is 0 Å². The molecule has 1 N–H and O–H groups in total. The summed E-state index contributed by atoms with van der Waals surface area (Å²) in [4.78, 5) is 17.4. The van der Waals surface area contributed by atoms with Crippen LogP contribution in [0.15, 0.2) is 22.9 Å². The molecule has 0 bridgehead atoms. The molecule has 0 aromatic carbocycles. The Kier molecular flexibility index (Phi) is 7.86. The van der Waals surface area contributed by atoms with Gasteiger partial charge in [-0.25, -0.2) is 9.78 Å². The fraction of sp³-hybridized carbons (Fsp3) is 0.579. The monoisotopic (exact) mass is 464 g/mol. The molecule has 4 rings (SSSR count). The molecule has 2 aromatic rings. The number of aromatic nitrogens is 1. The number of carboxylic acid groups (broad SMARTS) is 1. The molecule has 2 aliphatic rings. The van der Waals surface area contributed by atoms with Crippen LogP contribution in [-0.4, -0.2) is 58.5 Å². The van der Waals surface area contributed by atoms with Gasteiger partial charge in [-0.05, 0) is 31.2 Å². The third kappa shape index (κ3) is 6.24. The van der Waals surface area contributed by atoms with Crippen molar-refractivity contribution in [1.82, 2.24) is 9.88 Å². The molecule has 0 radical (unpaired) electrons. The van der Waals surface area contributed by atoms with Crippen LogP contribution in [-0.2, 0) is 27.4 Å². The molecule has 0 spiro atoms. The largest absolute Gasteiger partial charge is 0.490 e. The predicted octanol–water partition coefficient (Wildman–Crippen LogP) is 4.09. The number of aliphatic carboxylic acids is 1. The van der Waals surface area contributed by atoms with Crippen molar-refractivity contribution in [2.24, 2.45) is 0 Å². The van der Waals surface area contributed by atoms with Crippen LogP contribution in [0.1, 0.15) is 28.4 Å². The molecule has 0 amide bonds. The molecule has 0 aliphatic carbocycles. The Labute approximate surface area is 180 Å². The molecule has 2 aromatic heterocycles. The number of thiazole rings is 1. The van der Waals surface area contributed by atoms with Gasteiger partial charge in [0, 0.05) is 36.0 Å². The SMILES string of the molecule is Cc1nc(CO[C@@H]2CN(Cc3cccs3)[C@@H]3CCCO[C@@H]32)cs1.O=C(O)C(F)(F)F. The van der Waals surface area contributed by atoms with E-state index < -0.39 is 12.1 Å². The number of carbonyl (C=O) groups is 1. The molecule has 0 saturated carbocycles. The molecular weight excluding hydrogens is 441 g/mol. The first-order chi connectivity index (χ1) is 14.2. The number of thiophene rings is 1. The third-order valence-electron chi connectivity index (χ3n) is 4.88. The fourth-order valence-corrected chi connectivity index (χ4v) is 4.93. The number of nitrogens with zero attached hydrogens (tertiary/aromatic N) is 2. The zero-order valence-corrected chi connectivity index (χ0v) is 17.9. The number of halogens is 3. The minimum Gasteiger partial charge on any atom is -0.475 e. The Bertz CT molecular complexity index is 813. The highest BCUT2D eigenvalue weighted by Gasteiger charge is 2.44. The lowest BCUT2D eigenvalue weighted by Crippen LogP contribution is -2.41. The van der Waals surface area contributed by atoms with Gasteiger partial charge in [0.2, 0.25) is 0 Å². The van der Waals surface area contributed by atoms with Gasteiger partial charge in [0.15, 0.2) is 0 Å². The van der Waals surface area contributed by atoms with Crippen LogP contribution in [0, 0.1) is 6.92 Å². The van der Waals surface area contributed by atoms with E-state index in [0.29, 0.717) is 12.6 Å². The summed E-state index contributed by atoms with van der Waals surface area (Å²) in [5.41, 5.74) is 1.04. The Morgan fingerprint density at radius 1 is 1.43 bits per heavy atom. The average molecular weight is 465 g/mol. The number of hydrogen-bond acceptors (Lipinski definition) is 7. The van der Waals surface area contributed by atoms with Gasteiger partial charge in [0.25, 0.3) is 0 Å². The summed E-state index contributed by atoms with van der Waals surface area (Å²) in [5, 5.41) is 12.5. The number of carboxylic acids is 1. The average Bonchev–Trinajstić information content (AvgIpc) is 3.42. The van der Waals surface area contributed by atoms with Gasteiger partial charge in [0.1, 0.15) is 6.10 Å². The molecule has 166 valence electrons. The van der Waals surface area contributed by atoms with E-state index in [4.69, 9.17) is 19.4 Å². The summed E-state index contributed by atoms with van der Waals surface area (Å²) in [6.45, 7) is 5.46. The van der Waals surface area contributed by atoms with Gasteiger partial charge in [0.05, 0.1) is 23.4 Å². The summed E-state index contributed by atoms with van der Waals surface area (Å²) < 4.78 is 44.0. The minimum absolute atomic E-state index is 0.155. The Morgan fingerprint density at radius 3 is 2.80 bits per heavy atom. The smallest absolute Gasteiger partial charge is 0.475 e. The van der Waals surface area contributed by atoms with Crippen molar-refractivity contribution < 1.29 is 32.5 Å². The van der Waals surface area contributed by atoms with Crippen LogP contribution in [0.4, 0.5) is 13.2 Å².